The van der Waals surface area contributed by atoms with E-state index in [0.29, 0.717) is 0 Å². The van der Waals surface area contributed by atoms with Gasteiger partial charge in [0.25, 0.3) is 0 Å². The quantitative estimate of drug-likeness (QED) is 0.698. The first-order chi connectivity index (χ1) is 8.13. The van der Waals surface area contributed by atoms with Crippen LogP contribution in [0.2, 0.25) is 13.1 Å². The molecule has 1 saturated carbocycles. The first kappa shape index (κ1) is 13.6. The van der Waals surface area contributed by atoms with Crippen LogP contribution in [-0.4, -0.2) is 39.1 Å². The maximum atomic E-state index is 5.76. The zero-order chi connectivity index (χ0) is 12.3. The summed E-state index contributed by atoms with van der Waals surface area (Å²) < 4.78 is 5.76. The normalized spacial score (nSPS) is 28.1. The Kier molecular flexibility index (Phi) is 4.67. The van der Waals surface area contributed by atoms with E-state index in [1.165, 1.54) is 58.0 Å². The van der Waals surface area contributed by atoms with Crippen LogP contribution >= 0.6 is 0 Å². The summed E-state index contributed by atoms with van der Waals surface area (Å²) in [5.74, 6) is 1.03. The predicted molar refractivity (Wildman–Crippen MR) is 75.7 cm³/mol. The summed E-state index contributed by atoms with van der Waals surface area (Å²) in [4.78, 5) is 2.70. The number of rotatable bonds is 5. The number of likely N-dealkylation sites (tertiary alicyclic amines) is 1. The highest BCUT2D eigenvalue weighted by atomic mass is 28.4. The van der Waals surface area contributed by atoms with Gasteiger partial charge in [-0.3, -0.25) is 0 Å². The van der Waals surface area contributed by atoms with Gasteiger partial charge in [-0.15, -0.1) is 0 Å². The average Bonchev–Trinajstić information content (AvgIpc) is 2.28. The second-order valence-corrected chi connectivity index (χ2v) is 10.7. The summed E-state index contributed by atoms with van der Waals surface area (Å²) in [5.41, 5.74) is 0.788. The van der Waals surface area contributed by atoms with Crippen molar-refractivity contribution in [2.75, 3.05) is 20.2 Å². The zero-order valence-corrected chi connectivity index (χ0v) is 12.9. The van der Waals surface area contributed by atoms with Crippen LogP contribution in [0.3, 0.4) is 0 Å². The van der Waals surface area contributed by atoms with Gasteiger partial charge in [0.15, 0.2) is 0 Å². The summed E-state index contributed by atoms with van der Waals surface area (Å²) in [5, 5.41) is 0. The minimum atomic E-state index is -1.42. The van der Waals surface area contributed by atoms with Crippen LogP contribution in [-0.2, 0) is 4.43 Å². The molecule has 1 atom stereocenters. The van der Waals surface area contributed by atoms with E-state index in [1.54, 1.807) is 0 Å². The fourth-order valence-electron chi connectivity index (χ4n) is 3.46. The molecule has 1 aliphatic heterocycles. The van der Waals surface area contributed by atoms with Crippen molar-refractivity contribution in [2.24, 2.45) is 5.92 Å². The van der Waals surface area contributed by atoms with E-state index in [0.717, 1.165) is 11.6 Å². The number of nitrogens with zero attached hydrogens (tertiary/aromatic N) is 1. The van der Waals surface area contributed by atoms with Crippen LogP contribution in [0.5, 0.6) is 0 Å². The van der Waals surface area contributed by atoms with Crippen LogP contribution in [0.15, 0.2) is 0 Å². The molecule has 2 rings (SSSR count). The van der Waals surface area contributed by atoms with Crippen LogP contribution in [0.4, 0.5) is 0 Å². The molecule has 0 bridgehead atoms. The summed E-state index contributed by atoms with van der Waals surface area (Å²) in [6.45, 7) is 7.38. The lowest BCUT2D eigenvalue weighted by molar-refractivity contribution is 0.111. The van der Waals surface area contributed by atoms with Crippen molar-refractivity contribution >= 4 is 8.32 Å². The van der Waals surface area contributed by atoms with Gasteiger partial charge in [0.05, 0.1) is 0 Å². The molecule has 2 nitrogen and oxygen atoms in total. The highest BCUT2D eigenvalue weighted by Gasteiger charge is 2.42. The van der Waals surface area contributed by atoms with Gasteiger partial charge >= 0.3 is 0 Å². The van der Waals surface area contributed by atoms with Crippen LogP contribution in [0.25, 0.3) is 0 Å². The smallest absolute Gasteiger partial charge is 0.203 e. The number of hydrogen-bond donors (Lipinski definition) is 0. The Hall–Kier alpha value is 0.137. The summed E-state index contributed by atoms with van der Waals surface area (Å²) in [7, 11) is 0.489. The van der Waals surface area contributed by atoms with E-state index in [1.807, 2.05) is 7.11 Å². The van der Waals surface area contributed by atoms with Gasteiger partial charge in [0, 0.05) is 12.8 Å². The molecule has 1 aliphatic carbocycles. The van der Waals surface area contributed by atoms with Gasteiger partial charge in [-0.25, -0.2) is 0 Å². The SMILES string of the molecule is CO[Si](C)(C)C1CCN1CCC1CCCCC1. The standard InChI is InChI=1S/C14H29NOSi/c1-16-17(2,3)14-10-12-15(14)11-9-13-7-5-4-6-8-13/h13-14H,4-12H2,1-3H3. The van der Waals surface area contributed by atoms with Crippen molar-refractivity contribution in [3.05, 3.63) is 0 Å². The second kappa shape index (κ2) is 5.85. The Bertz CT molecular complexity index is 238. The van der Waals surface area contributed by atoms with Crippen molar-refractivity contribution in [3.8, 4) is 0 Å². The van der Waals surface area contributed by atoms with Gasteiger partial charge in [0.2, 0.25) is 8.32 Å². The monoisotopic (exact) mass is 255 g/mol. The van der Waals surface area contributed by atoms with Crippen molar-refractivity contribution in [2.45, 2.75) is 63.7 Å². The van der Waals surface area contributed by atoms with Crippen molar-refractivity contribution in [1.82, 2.24) is 4.90 Å². The van der Waals surface area contributed by atoms with Crippen molar-refractivity contribution < 1.29 is 4.43 Å². The van der Waals surface area contributed by atoms with Crippen LogP contribution in [0.1, 0.15) is 44.9 Å². The molecule has 1 unspecified atom stereocenters. The van der Waals surface area contributed by atoms with E-state index in [2.05, 4.69) is 18.0 Å². The number of hydrogen-bond acceptors (Lipinski definition) is 2. The van der Waals surface area contributed by atoms with E-state index < -0.39 is 8.32 Å². The molecule has 0 aromatic carbocycles. The third kappa shape index (κ3) is 3.33. The lowest BCUT2D eigenvalue weighted by atomic mass is 9.87. The Balaban J connectivity index is 1.72. The maximum Gasteiger partial charge on any atom is 0.203 e. The summed E-state index contributed by atoms with van der Waals surface area (Å²) in [6.07, 6.45) is 10.2. The molecule has 0 radical (unpaired) electrons. The van der Waals surface area contributed by atoms with Crippen molar-refractivity contribution in [3.63, 3.8) is 0 Å². The van der Waals surface area contributed by atoms with E-state index in [9.17, 15) is 0 Å². The van der Waals surface area contributed by atoms with Gasteiger partial charge in [-0.1, -0.05) is 32.1 Å². The van der Waals surface area contributed by atoms with E-state index in [4.69, 9.17) is 4.43 Å². The molecule has 0 aromatic heterocycles. The minimum Gasteiger partial charge on any atom is -0.419 e. The molecule has 0 spiro atoms. The highest BCUT2D eigenvalue weighted by molar-refractivity contribution is 6.72. The first-order valence-electron chi connectivity index (χ1n) is 7.42. The van der Waals surface area contributed by atoms with Gasteiger partial charge < -0.3 is 9.33 Å². The Morgan fingerprint density at radius 3 is 2.35 bits per heavy atom. The predicted octanol–water partition coefficient (Wildman–Crippen LogP) is 3.42. The molecule has 17 heavy (non-hydrogen) atoms. The Labute approximate surface area is 108 Å². The summed E-state index contributed by atoms with van der Waals surface area (Å²) in [6, 6.07) is 0. The largest absolute Gasteiger partial charge is 0.419 e. The van der Waals surface area contributed by atoms with Crippen molar-refractivity contribution in [1.29, 1.82) is 0 Å². The minimum absolute atomic E-state index is 0.788. The lowest BCUT2D eigenvalue weighted by Crippen LogP contribution is -2.62. The maximum absolute atomic E-state index is 5.76. The molecule has 2 fully saturated rings. The fourth-order valence-corrected chi connectivity index (χ4v) is 5.69. The highest BCUT2D eigenvalue weighted by Crippen LogP contribution is 2.30. The van der Waals surface area contributed by atoms with E-state index >= 15 is 0 Å². The first-order valence-corrected chi connectivity index (χ1v) is 10.4. The molecule has 1 saturated heterocycles. The van der Waals surface area contributed by atoms with E-state index in [-0.39, 0.29) is 0 Å². The fraction of sp³-hybridized carbons (Fsp3) is 1.00. The second-order valence-electron chi connectivity index (χ2n) is 6.44. The third-order valence-electron chi connectivity index (χ3n) is 5.01. The zero-order valence-electron chi connectivity index (χ0n) is 11.9. The van der Waals surface area contributed by atoms with Crippen LogP contribution in [0, 0.1) is 5.92 Å². The Morgan fingerprint density at radius 2 is 1.82 bits per heavy atom. The molecule has 1 heterocycles. The average molecular weight is 255 g/mol. The van der Waals surface area contributed by atoms with Gasteiger partial charge in [-0.2, -0.15) is 0 Å². The van der Waals surface area contributed by atoms with Crippen LogP contribution < -0.4 is 0 Å². The molecular formula is C14H29NOSi. The third-order valence-corrected chi connectivity index (χ3v) is 8.32. The lowest BCUT2D eigenvalue weighted by Gasteiger charge is -2.48. The van der Waals surface area contributed by atoms with Gasteiger partial charge in [-0.05, 0) is 44.9 Å². The molecule has 2 aliphatic rings. The Morgan fingerprint density at radius 1 is 1.12 bits per heavy atom. The molecule has 100 valence electrons. The molecular weight excluding hydrogens is 226 g/mol. The molecule has 0 N–H and O–H groups in total. The topological polar surface area (TPSA) is 12.5 Å². The molecule has 3 heteroatoms. The summed E-state index contributed by atoms with van der Waals surface area (Å²) >= 11 is 0. The molecule has 0 aromatic rings. The molecule has 0 amide bonds. The van der Waals surface area contributed by atoms with Gasteiger partial charge in [0.1, 0.15) is 0 Å².